The fraction of sp³-hybridized carbons (Fsp3) is 1.00. The van der Waals surface area contributed by atoms with Crippen LogP contribution in [0.2, 0.25) is 0 Å². The van der Waals surface area contributed by atoms with Crippen molar-refractivity contribution < 1.29 is 27.8 Å². The minimum atomic E-state index is -4.33. The predicted octanol–water partition coefficient (Wildman–Crippen LogP) is 0.420. The van der Waals surface area contributed by atoms with Gasteiger partial charge in [0.2, 0.25) is 0 Å². The summed E-state index contributed by atoms with van der Waals surface area (Å²) in [4.78, 5) is 0. The van der Waals surface area contributed by atoms with E-state index in [4.69, 9.17) is 5.26 Å². The van der Waals surface area contributed by atoms with Gasteiger partial charge in [-0.3, -0.25) is 5.04 Å². The van der Waals surface area contributed by atoms with Crippen molar-refractivity contribution in [3.63, 3.8) is 0 Å². The van der Waals surface area contributed by atoms with E-state index in [0.29, 0.717) is 0 Å². The molecule has 0 radical (unpaired) electrons. The Morgan fingerprint density at radius 3 is 2.33 bits per heavy atom. The topological polar surface area (TPSA) is 41.5 Å². The summed E-state index contributed by atoms with van der Waals surface area (Å²) in [6.45, 7) is 0. The first-order valence-electron chi connectivity index (χ1n) is 1.71. The van der Waals surface area contributed by atoms with Crippen LogP contribution in [0.25, 0.3) is 0 Å². The Morgan fingerprint density at radius 2 is 2.00 bits per heavy atom. The molecule has 0 atom stereocenters. The molecule has 0 spiro atoms. The van der Waals surface area contributed by atoms with Gasteiger partial charge < -0.3 is 5.26 Å². The highest BCUT2D eigenvalue weighted by atomic mass is 32.2. The Hall–Kier alpha value is 0.0200. The van der Waals surface area contributed by atoms with Gasteiger partial charge in [-0.15, -0.1) is 0 Å². The van der Waals surface area contributed by atoms with Gasteiger partial charge in [-0.25, -0.2) is 0 Å². The Labute approximate surface area is 52.8 Å². The van der Waals surface area contributed by atoms with Crippen molar-refractivity contribution in [3.05, 3.63) is 0 Å². The van der Waals surface area contributed by atoms with Crippen LogP contribution in [-0.4, -0.2) is 11.9 Å². The molecule has 3 nitrogen and oxygen atoms in total. The van der Waals surface area contributed by atoms with E-state index in [1.54, 1.807) is 0 Å². The van der Waals surface area contributed by atoms with Crippen LogP contribution in [0.1, 0.15) is 0 Å². The predicted molar refractivity (Wildman–Crippen MR) is 20.7 cm³/mol. The number of hydrogen-bond acceptors (Lipinski definition) is 4. The first-order chi connectivity index (χ1) is 4.06. The van der Waals surface area contributed by atoms with Gasteiger partial charge in [0.25, 0.3) is 0 Å². The van der Waals surface area contributed by atoms with Crippen molar-refractivity contribution in [2.45, 2.75) is 6.18 Å². The number of halogens is 3. The minimum Gasteiger partial charge on any atom is -0.691 e. The summed E-state index contributed by atoms with van der Waals surface area (Å²) in [5.74, 6) is -1.25. The third-order valence-electron chi connectivity index (χ3n) is 0.298. The summed E-state index contributed by atoms with van der Waals surface area (Å²) in [6.07, 6.45) is -4.33. The van der Waals surface area contributed by atoms with Crippen LogP contribution in [0.5, 0.6) is 0 Å². The average Bonchev–Trinajstić information content (AvgIpc) is 1.63. The van der Waals surface area contributed by atoms with Gasteiger partial charge in [0, 0.05) is 12.0 Å². The normalized spacial score (nSPS) is 12.0. The van der Waals surface area contributed by atoms with Crippen LogP contribution in [0.3, 0.4) is 0 Å². The smallest absolute Gasteiger partial charge is 0.400 e. The van der Waals surface area contributed by atoms with Crippen LogP contribution in [-0.2, 0) is 9.37 Å². The molecule has 0 unspecified atom stereocenters. The molecular weight excluding hydrogens is 161 g/mol. The SMILES string of the molecule is [O-]OOSCC(F)(F)F. The average molecular weight is 163 g/mol. The van der Waals surface area contributed by atoms with Crippen molar-refractivity contribution in [1.29, 1.82) is 0 Å². The second kappa shape index (κ2) is 3.94. The zero-order valence-electron chi connectivity index (χ0n) is 3.97. The van der Waals surface area contributed by atoms with Crippen LogP contribution < -0.4 is 5.26 Å². The first-order valence-corrected chi connectivity index (χ1v) is 2.62. The number of rotatable bonds is 3. The van der Waals surface area contributed by atoms with Gasteiger partial charge >= 0.3 is 6.18 Å². The van der Waals surface area contributed by atoms with Crippen molar-refractivity contribution in [2.24, 2.45) is 0 Å². The summed E-state index contributed by atoms with van der Waals surface area (Å²) < 4.78 is 36.7. The second-order valence-corrected chi connectivity index (χ2v) is 1.67. The molecule has 56 valence electrons. The Balaban J connectivity index is 3.07. The summed E-state index contributed by atoms with van der Waals surface area (Å²) in [5, 5.41) is 11.6. The lowest BCUT2D eigenvalue weighted by atomic mass is 10.8. The maximum atomic E-state index is 11.1. The van der Waals surface area contributed by atoms with E-state index in [-0.39, 0.29) is 12.0 Å². The fourth-order valence-corrected chi connectivity index (χ4v) is 0.332. The Morgan fingerprint density at radius 1 is 1.44 bits per heavy atom. The van der Waals surface area contributed by atoms with Crippen LogP contribution in [0.4, 0.5) is 13.2 Å². The first kappa shape index (κ1) is 9.02. The maximum Gasteiger partial charge on any atom is 0.400 e. The quantitative estimate of drug-likeness (QED) is 0.261. The molecule has 0 aromatic carbocycles. The third kappa shape index (κ3) is 8.02. The van der Waals surface area contributed by atoms with E-state index in [0.717, 1.165) is 0 Å². The molecule has 0 aromatic rings. The molecule has 7 heteroatoms. The molecule has 0 fully saturated rings. The molecule has 0 saturated heterocycles. The summed E-state index contributed by atoms with van der Waals surface area (Å²) in [6, 6.07) is 0. The summed E-state index contributed by atoms with van der Waals surface area (Å²) >= 11 is -0.0995. The van der Waals surface area contributed by atoms with Gasteiger partial charge in [-0.2, -0.15) is 17.5 Å². The van der Waals surface area contributed by atoms with Gasteiger partial charge in [0.15, 0.2) is 0 Å². The van der Waals surface area contributed by atoms with Gasteiger partial charge in [0.05, 0.1) is 0 Å². The highest BCUT2D eigenvalue weighted by molar-refractivity contribution is 7.94. The second-order valence-electron chi connectivity index (χ2n) is 1.01. The highest BCUT2D eigenvalue weighted by Gasteiger charge is 2.27. The Bertz CT molecular complexity index is 73.9. The molecule has 0 saturated carbocycles. The van der Waals surface area contributed by atoms with E-state index in [1.807, 2.05) is 0 Å². The highest BCUT2D eigenvalue weighted by Crippen LogP contribution is 2.20. The molecule has 0 aliphatic carbocycles. The zero-order chi connectivity index (χ0) is 7.33. The summed E-state index contributed by atoms with van der Waals surface area (Å²) in [5.41, 5.74) is 0. The molecule has 0 N–H and O–H groups in total. The molecule has 0 rings (SSSR count). The van der Waals surface area contributed by atoms with E-state index in [9.17, 15) is 13.2 Å². The third-order valence-corrected chi connectivity index (χ3v) is 0.895. The van der Waals surface area contributed by atoms with Crippen LogP contribution in [0, 0.1) is 0 Å². The fourth-order valence-electron chi connectivity index (χ4n) is 0.111. The lowest BCUT2D eigenvalue weighted by molar-refractivity contribution is -0.777. The van der Waals surface area contributed by atoms with E-state index in [2.05, 4.69) is 9.37 Å². The van der Waals surface area contributed by atoms with E-state index >= 15 is 0 Å². The monoisotopic (exact) mass is 163 g/mol. The van der Waals surface area contributed by atoms with E-state index < -0.39 is 11.9 Å². The molecule has 0 aromatic heterocycles. The molecule has 0 bridgehead atoms. The standard InChI is InChI=1S/C2H3F3O3S/c3-2(4,5)1-9-8-7-6/h6H,1H2/p-1. The van der Waals surface area contributed by atoms with Gasteiger partial charge in [-0.1, -0.05) is 0 Å². The van der Waals surface area contributed by atoms with Crippen molar-refractivity contribution >= 4 is 12.0 Å². The molecular formula is C2H2F3O3S-. The molecule has 0 aliphatic rings. The van der Waals surface area contributed by atoms with Crippen LogP contribution in [0.15, 0.2) is 0 Å². The largest absolute Gasteiger partial charge is 0.691 e. The van der Waals surface area contributed by atoms with Crippen molar-refractivity contribution in [1.82, 2.24) is 0 Å². The van der Waals surface area contributed by atoms with Crippen molar-refractivity contribution in [2.75, 3.05) is 5.75 Å². The molecule has 0 aliphatic heterocycles. The van der Waals surface area contributed by atoms with Crippen LogP contribution >= 0.6 is 12.0 Å². The molecule has 9 heavy (non-hydrogen) atoms. The van der Waals surface area contributed by atoms with Gasteiger partial charge in [0.1, 0.15) is 5.75 Å². The Kier molecular flexibility index (Phi) is 3.95. The lowest BCUT2D eigenvalue weighted by Gasteiger charge is -2.05. The molecule has 0 amide bonds. The van der Waals surface area contributed by atoms with E-state index in [1.165, 1.54) is 0 Å². The zero-order valence-corrected chi connectivity index (χ0v) is 4.79. The number of alkyl halides is 3. The molecule has 0 heterocycles. The number of hydrogen-bond donors (Lipinski definition) is 0. The lowest BCUT2D eigenvalue weighted by Crippen LogP contribution is -2.12. The summed E-state index contributed by atoms with van der Waals surface area (Å²) in [7, 11) is 0. The van der Waals surface area contributed by atoms with Crippen molar-refractivity contribution in [3.8, 4) is 0 Å². The van der Waals surface area contributed by atoms with Gasteiger partial charge in [-0.05, 0) is 0 Å². The maximum absolute atomic E-state index is 11.1. The minimum absolute atomic E-state index is 0.0995.